The number of rotatable bonds is 3. The van der Waals surface area contributed by atoms with Gasteiger partial charge in [0.15, 0.2) is 0 Å². The number of anilines is 1. The van der Waals surface area contributed by atoms with Crippen LogP contribution in [0, 0.1) is 13.8 Å². The van der Waals surface area contributed by atoms with E-state index in [-0.39, 0.29) is 6.04 Å². The summed E-state index contributed by atoms with van der Waals surface area (Å²) in [5.74, 6) is 0. The molecule has 0 spiro atoms. The number of nitrogens with two attached hydrogens (primary N) is 1. The minimum Gasteiger partial charge on any atom is -0.398 e. The molecule has 0 aromatic heterocycles. The number of likely N-dealkylation sites (tertiary alicyclic amines) is 1. The Morgan fingerprint density at radius 2 is 1.81 bits per heavy atom. The predicted molar refractivity (Wildman–Crippen MR) is 85.8 cm³/mol. The van der Waals surface area contributed by atoms with Crippen molar-refractivity contribution < 1.29 is 8.42 Å². The number of nitrogen functional groups attached to an aromatic ring is 1. The summed E-state index contributed by atoms with van der Waals surface area (Å²) >= 11 is 0. The molecule has 5 nitrogen and oxygen atoms in total. The molecule has 2 rings (SSSR count). The van der Waals surface area contributed by atoms with E-state index in [1.54, 1.807) is 26.1 Å². The zero-order valence-corrected chi connectivity index (χ0v) is 14.1. The second-order valence-corrected chi connectivity index (χ2v) is 7.92. The maximum atomic E-state index is 13.0. The Kier molecular flexibility index (Phi) is 4.60. The summed E-state index contributed by atoms with van der Waals surface area (Å²) in [6.07, 6.45) is 1.74. The van der Waals surface area contributed by atoms with Gasteiger partial charge in [-0.15, -0.1) is 0 Å². The Morgan fingerprint density at radius 1 is 1.24 bits per heavy atom. The van der Waals surface area contributed by atoms with Crippen LogP contribution in [0.5, 0.6) is 0 Å². The van der Waals surface area contributed by atoms with Crippen molar-refractivity contribution in [3.8, 4) is 0 Å². The Labute approximate surface area is 127 Å². The molecule has 1 aromatic rings. The second-order valence-electron chi connectivity index (χ2n) is 5.98. The summed E-state index contributed by atoms with van der Waals surface area (Å²) in [6, 6.07) is 3.60. The second kappa shape index (κ2) is 5.94. The van der Waals surface area contributed by atoms with Crippen LogP contribution in [0.1, 0.15) is 24.0 Å². The quantitative estimate of drug-likeness (QED) is 0.861. The van der Waals surface area contributed by atoms with E-state index < -0.39 is 10.0 Å². The highest BCUT2D eigenvalue weighted by Crippen LogP contribution is 2.29. The average molecular weight is 311 g/mol. The molecule has 6 heteroatoms. The van der Waals surface area contributed by atoms with Crippen molar-refractivity contribution in [2.45, 2.75) is 37.6 Å². The molecule has 118 valence electrons. The summed E-state index contributed by atoms with van der Waals surface area (Å²) in [4.78, 5) is 2.59. The number of piperidine rings is 1. The lowest BCUT2D eigenvalue weighted by Gasteiger charge is -2.35. The van der Waals surface area contributed by atoms with E-state index in [9.17, 15) is 8.42 Å². The molecule has 0 unspecified atom stereocenters. The maximum Gasteiger partial charge on any atom is 0.243 e. The third kappa shape index (κ3) is 3.07. The van der Waals surface area contributed by atoms with Crippen LogP contribution in [0.3, 0.4) is 0 Å². The molecule has 1 aliphatic heterocycles. The number of hydrogen-bond acceptors (Lipinski definition) is 4. The highest BCUT2D eigenvalue weighted by molar-refractivity contribution is 7.89. The SMILES string of the molecule is Cc1ccc(N)c(C)c1S(=O)(=O)N(C)C1CCN(C)CC1. The van der Waals surface area contributed by atoms with E-state index in [0.29, 0.717) is 16.1 Å². The zero-order chi connectivity index (χ0) is 15.8. The fraction of sp³-hybridized carbons (Fsp3) is 0.600. The Hall–Kier alpha value is -1.11. The first kappa shape index (κ1) is 16.3. The monoisotopic (exact) mass is 311 g/mol. The summed E-state index contributed by atoms with van der Waals surface area (Å²) in [6.45, 7) is 5.46. The van der Waals surface area contributed by atoms with Crippen LogP contribution in [-0.2, 0) is 10.0 Å². The molecule has 1 aliphatic rings. The van der Waals surface area contributed by atoms with Crippen molar-refractivity contribution >= 4 is 15.7 Å². The van der Waals surface area contributed by atoms with Crippen molar-refractivity contribution in [3.63, 3.8) is 0 Å². The molecule has 1 fully saturated rings. The molecule has 1 aromatic carbocycles. The zero-order valence-electron chi connectivity index (χ0n) is 13.3. The van der Waals surface area contributed by atoms with Crippen LogP contribution >= 0.6 is 0 Å². The van der Waals surface area contributed by atoms with Crippen LogP contribution in [0.25, 0.3) is 0 Å². The van der Waals surface area contributed by atoms with E-state index in [2.05, 4.69) is 11.9 Å². The topological polar surface area (TPSA) is 66.6 Å². The largest absolute Gasteiger partial charge is 0.398 e. The lowest BCUT2D eigenvalue weighted by atomic mass is 10.1. The third-order valence-electron chi connectivity index (χ3n) is 4.48. The molecule has 0 atom stereocenters. The minimum absolute atomic E-state index is 0.0615. The number of benzene rings is 1. The van der Waals surface area contributed by atoms with Crippen molar-refractivity contribution in [1.82, 2.24) is 9.21 Å². The lowest BCUT2D eigenvalue weighted by Crippen LogP contribution is -2.44. The van der Waals surface area contributed by atoms with Gasteiger partial charge >= 0.3 is 0 Å². The molecule has 0 radical (unpaired) electrons. The van der Waals surface area contributed by atoms with Gasteiger partial charge in [-0.3, -0.25) is 0 Å². The van der Waals surface area contributed by atoms with Gasteiger partial charge in [0, 0.05) is 18.8 Å². The molecule has 2 N–H and O–H groups in total. The van der Waals surface area contributed by atoms with Crippen LogP contribution in [0.15, 0.2) is 17.0 Å². The van der Waals surface area contributed by atoms with Crippen molar-refractivity contribution in [2.75, 3.05) is 32.9 Å². The first-order valence-corrected chi connectivity index (χ1v) is 8.71. The van der Waals surface area contributed by atoms with Gasteiger partial charge < -0.3 is 10.6 Å². The summed E-state index contributed by atoms with van der Waals surface area (Å²) < 4.78 is 27.5. The highest BCUT2D eigenvalue weighted by Gasteiger charge is 2.32. The molecule has 1 saturated heterocycles. The summed E-state index contributed by atoms with van der Waals surface area (Å²) in [5, 5.41) is 0. The Morgan fingerprint density at radius 3 is 2.38 bits per heavy atom. The van der Waals surface area contributed by atoms with Crippen LogP contribution in [-0.4, -0.2) is 50.8 Å². The molecule has 0 saturated carbocycles. The minimum atomic E-state index is -3.51. The predicted octanol–water partition coefficient (Wildman–Crippen LogP) is 1.60. The Balaban J connectivity index is 2.36. The fourth-order valence-electron chi connectivity index (χ4n) is 2.94. The van der Waals surface area contributed by atoms with Gasteiger partial charge in [0.05, 0.1) is 4.90 Å². The van der Waals surface area contributed by atoms with E-state index >= 15 is 0 Å². The number of nitrogens with zero attached hydrogens (tertiary/aromatic N) is 2. The molecular weight excluding hydrogens is 286 g/mol. The number of sulfonamides is 1. The van der Waals surface area contributed by atoms with Crippen LogP contribution in [0.4, 0.5) is 5.69 Å². The smallest absolute Gasteiger partial charge is 0.243 e. The van der Waals surface area contributed by atoms with Crippen molar-refractivity contribution in [1.29, 1.82) is 0 Å². The molecule has 0 amide bonds. The molecular formula is C15H25N3O2S. The van der Waals surface area contributed by atoms with Gasteiger partial charge in [-0.05, 0) is 64.0 Å². The molecule has 1 heterocycles. The van der Waals surface area contributed by atoms with Gasteiger partial charge in [-0.1, -0.05) is 6.07 Å². The van der Waals surface area contributed by atoms with Crippen molar-refractivity contribution in [3.05, 3.63) is 23.3 Å². The van der Waals surface area contributed by atoms with Gasteiger partial charge in [0.1, 0.15) is 0 Å². The molecule has 0 aliphatic carbocycles. The summed E-state index contributed by atoms with van der Waals surface area (Å²) in [7, 11) is 0.249. The molecule has 0 bridgehead atoms. The lowest BCUT2D eigenvalue weighted by molar-refractivity contribution is 0.197. The van der Waals surface area contributed by atoms with E-state index in [0.717, 1.165) is 31.5 Å². The third-order valence-corrected chi connectivity index (χ3v) is 6.68. The van der Waals surface area contributed by atoms with Gasteiger partial charge in [0.2, 0.25) is 10.0 Å². The standard InChI is InChI=1S/C15H25N3O2S/c1-11-5-6-14(16)12(2)15(11)21(19,20)18(4)13-7-9-17(3)10-8-13/h5-6,13H,7-10,16H2,1-4H3. The Bertz CT molecular complexity index is 620. The summed E-state index contributed by atoms with van der Waals surface area (Å²) in [5.41, 5.74) is 7.82. The van der Waals surface area contributed by atoms with E-state index in [1.807, 2.05) is 6.92 Å². The molecule has 21 heavy (non-hydrogen) atoms. The number of hydrogen-bond donors (Lipinski definition) is 1. The first-order valence-electron chi connectivity index (χ1n) is 7.27. The highest BCUT2D eigenvalue weighted by atomic mass is 32.2. The van der Waals surface area contributed by atoms with Gasteiger partial charge in [-0.2, -0.15) is 4.31 Å². The number of aryl methyl sites for hydroxylation is 1. The van der Waals surface area contributed by atoms with Crippen LogP contribution < -0.4 is 5.73 Å². The van der Waals surface area contributed by atoms with E-state index in [1.165, 1.54) is 4.31 Å². The first-order chi connectivity index (χ1) is 9.75. The maximum absolute atomic E-state index is 13.0. The van der Waals surface area contributed by atoms with Crippen molar-refractivity contribution in [2.24, 2.45) is 0 Å². The van der Waals surface area contributed by atoms with Gasteiger partial charge in [0.25, 0.3) is 0 Å². The average Bonchev–Trinajstić information content (AvgIpc) is 2.43. The normalized spacial score (nSPS) is 18.3. The van der Waals surface area contributed by atoms with Crippen LogP contribution in [0.2, 0.25) is 0 Å². The fourth-order valence-corrected chi connectivity index (χ4v) is 4.81. The van der Waals surface area contributed by atoms with E-state index in [4.69, 9.17) is 5.73 Å². The van der Waals surface area contributed by atoms with Gasteiger partial charge in [-0.25, -0.2) is 8.42 Å².